The summed E-state index contributed by atoms with van der Waals surface area (Å²) in [6.07, 6.45) is 3.65. The molecule has 106 valence electrons. The summed E-state index contributed by atoms with van der Waals surface area (Å²) in [4.78, 5) is 0. The Hall–Kier alpha value is -0.750. The van der Waals surface area contributed by atoms with E-state index in [9.17, 15) is 0 Å². The number of hydrogen-bond acceptors (Lipinski definition) is 4. The fraction of sp³-hybridized carbons (Fsp3) is 0.462. The van der Waals surface area contributed by atoms with E-state index < -0.39 is 0 Å². The lowest BCUT2D eigenvalue weighted by Gasteiger charge is -2.16. The molecular weight excluding hydrogens is 376 g/mol. The van der Waals surface area contributed by atoms with Gasteiger partial charge in [-0.05, 0) is 51.3 Å². The van der Waals surface area contributed by atoms with Gasteiger partial charge in [-0.1, -0.05) is 13.3 Å². The molecule has 0 heterocycles. The summed E-state index contributed by atoms with van der Waals surface area (Å²) in [6, 6.07) is 1.86. The molecule has 0 unspecified atom stereocenters. The normalized spacial score (nSPS) is 10.9. The van der Waals surface area contributed by atoms with Crippen molar-refractivity contribution in [1.29, 1.82) is 0 Å². The van der Waals surface area contributed by atoms with Gasteiger partial charge in [-0.2, -0.15) is 5.10 Å². The monoisotopic (exact) mass is 392 g/mol. The van der Waals surface area contributed by atoms with Gasteiger partial charge < -0.3 is 15.3 Å². The minimum Gasteiger partial charge on any atom is -0.490 e. The summed E-state index contributed by atoms with van der Waals surface area (Å²) < 4.78 is 13.1. The van der Waals surface area contributed by atoms with Crippen LogP contribution in [0.3, 0.4) is 0 Å². The zero-order valence-corrected chi connectivity index (χ0v) is 14.3. The van der Waals surface area contributed by atoms with Crippen LogP contribution >= 0.6 is 31.9 Å². The maximum absolute atomic E-state index is 5.80. The zero-order valence-electron chi connectivity index (χ0n) is 11.1. The van der Waals surface area contributed by atoms with Crippen molar-refractivity contribution in [2.45, 2.75) is 26.7 Å². The number of unbranched alkanes of at least 4 members (excludes halogenated alkanes) is 1. The van der Waals surface area contributed by atoms with E-state index in [0.717, 1.165) is 27.4 Å². The number of ether oxygens (including phenoxy) is 2. The first kappa shape index (κ1) is 16.3. The molecule has 0 radical (unpaired) electrons. The Labute approximate surface area is 130 Å². The average Bonchev–Trinajstić information content (AvgIpc) is 2.40. The van der Waals surface area contributed by atoms with Gasteiger partial charge in [-0.3, -0.25) is 0 Å². The molecule has 0 bridgehead atoms. The van der Waals surface area contributed by atoms with E-state index in [2.05, 4.69) is 43.9 Å². The van der Waals surface area contributed by atoms with Crippen LogP contribution in [0.25, 0.3) is 0 Å². The van der Waals surface area contributed by atoms with Crippen LogP contribution in [-0.2, 0) is 0 Å². The van der Waals surface area contributed by atoms with Crippen LogP contribution in [0, 0.1) is 0 Å². The maximum Gasteiger partial charge on any atom is 0.176 e. The topological polar surface area (TPSA) is 56.8 Å². The second-order valence-electron chi connectivity index (χ2n) is 3.83. The molecule has 0 spiro atoms. The lowest BCUT2D eigenvalue weighted by molar-refractivity contribution is 0.271. The fourth-order valence-corrected chi connectivity index (χ4v) is 2.43. The fourth-order valence-electron chi connectivity index (χ4n) is 1.49. The molecular formula is C13H18Br2N2O2. The van der Waals surface area contributed by atoms with Crippen molar-refractivity contribution in [3.8, 4) is 11.5 Å². The van der Waals surface area contributed by atoms with Gasteiger partial charge in [0.05, 0.1) is 23.9 Å². The Kier molecular flexibility index (Phi) is 7.23. The molecule has 19 heavy (non-hydrogen) atoms. The first-order valence-electron chi connectivity index (χ1n) is 6.16. The SMILES string of the molecule is CCCCOc1c(OCC)cc(C=NN)c(Br)c1Br. The molecule has 1 aromatic rings. The van der Waals surface area contributed by atoms with E-state index >= 15 is 0 Å². The molecule has 0 aliphatic carbocycles. The predicted molar refractivity (Wildman–Crippen MR) is 85.2 cm³/mol. The van der Waals surface area contributed by atoms with Gasteiger partial charge in [-0.25, -0.2) is 0 Å². The van der Waals surface area contributed by atoms with Crippen molar-refractivity contribution in [2.75, 3.05) is 13.2 Å². The Morgan fingerprint density at radius 2 is 2.00 bits per heavy atom. The smallest absolute Gasteiger partial charge is 0.176 e. The Morgan fingerprint density at radius 3 is 2.58 bits per heavy atom. The molecule has 6 heteroatoms. The van der Waals surface area contributed by atoms with E-state index in [0.29, 0.717) is 24.7 Å². The van der Waals surface area contributed by atoms with E-state index in [1.165, 1.54) is 0 Å². The third-order valence-corrected chi connectivity index (χ3v) is 4.56. The van der Waals surface area contributed by atoms with Crippen LogP contribution in [-0.4, -0.2) is 19.4 Å². The third kappa shape index (κ3) is 4.38. The van der Waals surface area contributed by atoms with Crippen molar-refractivity contribution in [2.24, 2.45) is 10.9 Å². The number of nitrogens with zero attached hydrogens (tertiary/aromatic N) is 1. The largest absolute Gasteiger partial charge is 0.490 e. The summed E-state index contributed by atoms with van der Waals surface area (Å²) >= 11 is 7.02. The van der Waals surface area contributed by atoms with Gasteiger partial charge in [0.2, 0.25) is 0 Å². The molecule has 0 saturated carbocycles. The van der Waals surface area contributed by atoms with Gasteiger partial charge in [0.1, 0.15) is 0 Å². The highest BCUT2D eigenvalue weighted by atomic mass is 79.9. The van der Waals surface area contributed by atoms with E-state index in [-0.39, 0.29) is 0 Å². The summed E-state index contributed by atoms with van der Waals surface area (Å²) in [5.74, 6) is 6.59. The highest BCUT2D eigenvalue weighted by molar-refractivity contribution is 9.13. The lowest BCUT2D eigenvalue weighted by atomic mass is 10.2. The summed E-state index contributed by atoms with van der Waals surface area (Å²) in [7, 11) is 0. The van der Waals surface area contributed by atoms with Crippen LogP contribution in [0.2, 0.25) is 0 Å². The van der Waals surface area contributed by atoms with Crippen LogP contribution < -0.4 is 15.3 Å². The van der Waals surface area contributed by atoms with Gasteiger partial charge >= 0.3 is 0 Å². The standard InChI is InChI=1S/C13H18Br2N2O2/c1-3-5-6-19-13-10(18-4-2)7-9(8-17-16)11(14)12(13)15/h7-8H,3-6,16H2,1-2H3. The Morgan fingerprint density at radius 1 is 1.26 bits per heavy atom. The van der Waals surface area contributed by atoms with Gasteiger partial charge in [0.25, 0.3) is 0 Å². The molecule has 2 N–H and O–H groups in total. The molecule has 0 amide bonds. The van der Waals surface area contributed by atoms with E-state index in [1.54, 1.807) is 6.21 Å². The summed E-state index contributed by atoms with van der Waals surface area (Å²) in [6.45, 7) is 5.28. The molecule has 0 aromatic heterocycles. The summed E-state index contributed by atoms with van der Waals surface area (Å²) in [5.41, 5.74) is 0.834. The number of hydrogen-bond donors (Lipinski definition) is 1. The van der Waals surface area contributed by atoms with Crippen LogP contribution in [0.15, 0.2) is 20.1 Å². The van der Waals surface area contributed by atoms with Crippen molar-refractivity contribution >= 4 is 38.1 Å². The van der Waals surface area contributed by atoms with E-state index in [4.69, 9.17) is 15.3 Å². The molecule has 0 saturated heterocycles. The second kappa shape index (κ2) is 8.43. The highest BCUT2D eigenvalue weighted by Crippen LogP contribution is 2.42. The van der Waals surface area contributed by atoms with Gasteiger partial charge in [-0.15, -0.1) is 0 Å². The maximum atomic E-state index is 5.80. The third-order valence-electron chi connectivity index (χ3n) is 2.41. The van der Waals surface area contributed by atoms with Gasteiger partial charge in [0.15, 0.2) is 11.5 Å². The predicted octanol–water partition coefficient (Wildman–Crippen LogP) is 4.08. The lowest BCUT2D eigenvalue weighted by Crippen LogP contribution is -2.03. The highest BCUT2D eigenvalue weighted by Gasteiger charge is 2.16. The van der Waals surface area contributed by atoms with Crippen LogP contribution in [0.1, 0.15) is 32.3 Å². The zero-order chi connectivity index (χ0) is 14.3. The molecule has 1 rings (SSSR count). The minimum absolute atomic E-state index is 0.567. The Balaban J connectivity index is 3.15. The number of halogens is 2. The quantitative estimate of drug-likeness (QED) is 0.328. The van der Waals surface area contributed by atoms with Crippen molar-refractivity contribution in [1.82, 2.24) is 0 Å². The van der Waals surface area contributed by atoms with Gasteiger partial charge in [0, 0.05) is 10.0 Å². The molecule has 1 aromatic carbocycles. The van der Waals surface area contributed by atoms with Crippen LogP contribution in [0.5, 0.6) is 11.5 Å². The number of rotatable bonds is 7. The molecule has 0 atom stereocenters. The summed E-state index contributed by atoms with van der Waals surface area (Å²) in [5, 5.41) is 3.54. The molecule has 0 fully saturated rings. The molecule has 4 nitrogen and oxygen atoms in total. The molecule has 0 aliphatic heterocycles. The van der Waals surface area contributed by atoms with Crippen molar-refractivity contribution < 1.29 is 9.47 Å². The second-order valence-corrected chi connectivity index (χ2v) is 5.42. The van der Waals surface area contributed by atoms with Crippen LogP contribution in [0.4, 0.5) is 0 Å². The molecule has 0 aliphatic rings. The number of nitrogens with two attached hydrogens (primary N) is 1. The van der Waals surface area contributed by atoms with Crippen molar-refractivity contribution in [3.05, 3.63) is 20.6 Å². The Bertz CT molecular complexity index is 451. The van der Waals surface area contributed by atoms with E-state index in [1.807, 2.05) is 13.0 Å². The number of hydrazone groups is 1. The average molecular weight is 394 g/mol. The first-order valence-corrected chi connectivity index (χ1v) is 7.75. The van der Waals surface area contributed by atoms with Crippen molar-refractivity contribution in [3.63, 3.8) is 0 Å². The minimum atomic E-state index is 0.567. The number of benzene rings is 1. The first-order chi connectivity index (χ1) is 9.15.